The Hall–Kier alpha value is -2.23. The fourth-order valence-electron chi connectivity index (χ4n) is 1.83. The van der Waals surface area contributed by atoms with Gasteiger partial charge < -0.3 is 14.6 Å². The van der Waals surface area contributed by atoms with Crippen LogP contribution < -0.4 is 5.32 Å². The molecule has 1 heterocycles. The average Bonchev–Trinajstić information content (AvgIpc) is 2.97. The van der Waals surface area contributed by atoms with E-state index in [1.165, 1.54) is 0 Å². The van der Waals surface area contributed by atoms with Crippen molar-refractivity contribution in [3.05, 3.63) is 60.1 Å². The van der Waals surface area contributed by atoms with Crippen LogP contribution in [0.2, 0.25) is 0 Å². The van der Waals surface area contributed by atoms with E-state index in [0.29, 0.717) is 6.54 Å². The maximum Gasteiger partial charge on any atom is 0.318 e. The third kappa shape index (κ3) is 3.37. The zero-order valence-corrected chi connectivity index (χ0v) is 11.2. The van der Waals surface area contributed by atoms with Gasteiger partial charge in [-0.2, -0.15) is 0 Å². The molecule has 4 heteroatoms. The summed E-state index contributed by atoms with van der Waals surface area (Å²) in [7, 11) is 1.79. The van der Waals surface area contributed by atoms with Crippen molar-refractivity contribution in [2.45, 2.75) is 19.5 Å². The summed E-state index contributed by atoms with van der Waals surface area (Å²) in [5, 5.41) is 2.83. The lowest BCUT2D eigenvalue weighted by molar-refractivity contribution is 0.193. The van der Waals surface area contributed by atoms with Gasteiger partial charge in [0, 0.05) is 7.05 Å². The standard InChI is InChI=1S/C15H18N2O2/c1-12(13-7-4-3-5-8-13)17(2)15(18)16-11-14-9-6-10-19-14/h3-10,12H,11H2,1-2H3,(H,16,18). The van der Waals surface area contributed by atoms with Crippen molar-refractivity contribution >= 4 is 6.03 Å². The molecule has 4 nitrogen and oxygen atoms in total. The van der Waals surface area contributed by atoms with E-state index in [-0.39, 0.29) is 12.1 Å². The largest absolute Gasteiger partial charge is 0.467 e. The van der Waals surface area contributed by atoms with Gasteiger partial charge in [-0.05, 0) is 24.6 Å². The fraction of sp³-hybridized carbons (Fsp3) is 0.267. The molecule has 1 N–H and O–H groups in total. The number of nitrogens with one attached hydrogen (secondary N) is 1. The van der Waals surface area contributed by atoms with Crippen LogP contribution in [0.3, 0.4) is 0 Å². The summed E-state index contributed by atoms with van der Waals surface area (Å²) in [6.45, 7) is 2.40. The van der Waals surface area contributed by atoms with Crippen molar-refractivity contribution in [1.29, 1.82) is 0 Å². The second-order valence-electron chi connectivity index (χ2n) is 4.44. The van der Waals surface area contributed by atoms with E-state index in [1.54, 1.807) is 24.3 Å². The average molecular weight is 258 g/mol. The molecule has 2 aromatic rings. The Morgan fingerprint density at radius 3 is 2.63 bits per heavy atom. The molecule has 0 aliphatic rings. The third-order valence-corrected chi connectivity index (χ3v) is 3.18. The predicted octanol–water partition coefficient (Wildman–Crippen LogP) is 3.18. The summed E-state index contributed by atoms with van der Waals surface area (Å²) >= 11 is 0. The topological polar surface area (TPSA) is 45.5 Å². The minimum absolute atomic E-state index is 0.0257. The first-order chi connectivity index (χ1) is 9.18. The van der Waals surface area contributed by atoms with Gasteiger partial charge in [0.25, 0.3) is 0 Å². The van der Waals surface area contributed by atoms with Gasteiger partial charge in [-0.3, -0.25) is 0 Å². The van der Waals surface area contributed by atoms with E-state index in [2.05, 4.69) is 5.32 Å². The smallest absolute Gasteiger partial charge is 0.318 e. The summed E-state index contributed by atoms with van der Waals surface area (Å²) in [5.74, 6) is 0.745. The maximum atomic E-state index is 12.0. The van der Waals surface area contributed by atoms with Crippen molar-refractivity contribution in [2.24, 2.45) is 0 Å². The molecule has 2 rings (SSSR count). The van der Waals surface area contributed by atoms with E-state index in [1.807, 2.05) is 43.3 Å². The van der Waals surface area contributed by atoms with Gasteiger partial charge >= 0.3 is 6.03 Å². The number of hydrogen-bond donors (Lipinski definition) is 1. The molecule has 100 valence electrons. The quantitative estimate of drug-likeness (QED) is 0.915. The molecule has 1 aromatic carbocycles. The van der Waals surface area contributed by atoms with Crippen molar-refractivity contribution in [3.63, 3.8) is 0 Å². The molecule has 0 spiro atoms. The molecule has 19 heavy (non-hydrogen) atoms. The number of nitrogens with zero attached hydrogens (tertiary/aromatic N) is 1. The molecule has 0 bridgehead atoms. The van der Waals surface area contributed by atoms with Gasteiger partial charge in [-0.1, -0.05) is 30.3 Å². The van der Waals surface area contributed by atoms with Crippen LogP contribution in [0.25, 0.3) is 0 Å². The minimum Gasteiger partial charge on any atom is -0.467 e. The highest BCUT2D eigenvalue weighted by molar-refractivity contribution is 5.74. The van der Waals surface area contributed by atoms with Crippen molar-refractivity contribution in [3.8, 4) is 0 Å². The molecular formula is C15H18N2O2. The fourth-order valence-corrected chi connectivity index (χ4v) is 1.83. The highest BCUT2D eigenvalue weighted by Crippen LogP contribution is 2.17. The van der Waals surface area contributed by atoms with E-state index in [0.717, 1.165) is 11.3 Å². The third-order valence-electron chi connectivity index (χ3n) is 3.18. The zero-order chi connectivity index (χ0) is 13.7. The number of furan rings is 1. The van der Waals surface area contributed by atoms with Crippen LogP contribution in [0.5, 0.6) is 0 Å². The number of urea groups is 1. The van der Waals surface area contributed by atoms with Gasteiger partial charge in [0.15, 0.2) is 0 Å². The molecular weight excluding hydrogens is 240 g/mol. The van der Waals surface area contributed by atoms with E-state index in [4.69, 9.17) is 4.42 Å². The van der Waals surface area contributed by atoms with Crippen LogP contribution in [0.15, 0.2) is 53.1 Å². The maximum absolute atomic E-state index is 12.0. The molecule has 1 aromatic heterocycles. The second-order valence-corrected chi connectivity index (χ2v) is 4.44. The van der Waals surface area contributed by atoms with Gasteiger partial charge in [-0.15, -0.1) is 0 Å². The molecule has 0 saturated heterocycles. The lowest BCUT2D eigenvalue weighted by Gasteiger charge is -2.25. The van der Waals surface area contributed by atoms with Crippen molar-refractivity contribution < 1.29 is 9.21 Å². The zero-order valence-electron chi connectivity index (χ0n) is 11.2. The van der Waals surface area contributed by atoms with E-state index in [9.17, 15) is 4.79 Å². The highest BCUT2D eigenvalue weighted by Gasteiger charge is 2.16. The lowest BCUT2D eigenvalue weighted by Crippen LogP contribution is -2.38. The highest BCUT2D eigenvalue weighted by atomic mass is 16.3. The van der Waals surface area contributed by atoms with Crippen LogP contribution in [-0.2, 0) is 6.54 Å². The number of carbonyl (C=O) groups excluding carboxylic acids is 1. The minimum atomic E-state index is -0.118. The molecule has 2 amide bonds. The van der Waals surface area contributed by atoms with Gasteiger partial charge in [0.05, 0.1) is 18.8 Å². The summed E-state index contributed by atoms with van der Waals surface area (Å²) in [4.78, 5) is 13.7. The van der Waals surface area contributed by atoms with Crippen LogP contribution in [0.1, 0.15) is 24.3 Å². The Morgan fingerprint density at radius 2 is 2.00 bits per heavy atom. The Morgan fingerprint density at radius 1 is 1.26 bits per heavy atom. The Bertz CT molecular complexity index is 508. The second kappa shape index (κ2) is 6.09. The normalized spacial score (nSPS) is 11.9. The van der Waals surface area contributed by atoms with E-state index >= 15 is 0 Å². The summed E-state index contributed by atoms with van der Waals surface area (Å²) < 4.78 is 5.18. The van der Waals surface area contributed by atoms with Crippen molar-refractivity contribution in [2.75, 3.05) is 7.05 Å². The number of rotatable bonds is 4. The van der Waals surface area contributed by atoms with Crippen LogP contribution in [0.4, 0.5) is 4.79 Å². The number of hydrogen-bond acceptors (Lipinski definition) is 2. The predicted molar refractivity (Wildman–Crippen MR) is 73.6 cm³/mol. The number of amides is 2. The molecule has 0 radical (unpaired) electrons. The Labute approximate surface area is 113 Å². The lowest BCUT2D eigenvalue weighted by atomic mass is 10.1. The van der Waals surface area contributed by atoms with Gasteiger partial charge in [-0.25, -0.2) is 4.79 Å². The van der Waals surface area contributed by atoms with Crippen LogP contribution in [0, 0.1) is 0 Å². The molecule has 0 aliphatic carbocycles. The van der Waals surface area contributed by atoms with Gasteiger partial charge in [0.2, 0.25) is 0 Å². The Balaban J connectivity index is 1.91. The summed E-state index contributed by atoms with van der Waals surface area (Å²) in [6.07, 6.45) is 1.60. The van der Waals surface area contributed by atoms with E-state index < -0.39 is 0 Å². The first-order valence-corrected chi connectivity index (χ1v) is 6.26. The summed E-state index contributed by atoms with van der Waals surface area (Å²) in [6, 6.07) is 13.5. The number of benzene rings is 1. The Kier molecular flexibility index (Phi) is 4.23. The SMILES string of the molecule is CC(c1ccccc1)N(C)C(=O)NCc1ccco1. The first kappa shape index (κ1) is 13.2. The van der Waals surface area contributed by atoms with Crippen molar-refractivity contribution in [1.82, 2.24) is 10.2 Å². The van der Waals surface area contributed by atoms with Gasteiger partial charge in [0.1, 0.15) is 5.76 Å². The molecule has 1 atom stereocenters. The number of carbonyl (C=O) groups is 1. The van der Waals surface area contributed by atoms with Crippen LogP contribution in [-0.4, -0.2) is 18.0 Å². The molecule has 0 saturated carbocycles. The molecule has 1 unspecified atom stereocenters. The first-order valence-electron chi connectivity index (χ1n) is 6.26. The summed E-state index contributed by atoms with van der Waals surface area (Å²) in [5.41, 5.74) is 1.11. The monoisotopic (exact) mass is 258 g/mol. The molecule has 0 aliphatic heterocycles. The van der Waals surface area contributed by atoms with Crippen LogP contribution >= 0.6 is 0 Å². The molecule has 0 fully saturated rings.